The van der Waals surface area contributed by atoms with Gasteiger partial charge in [-0.1, -0.05) is 174 Å². The molecule has 1 aliphatic rings. The highest BCUT2D eigenvalue weighted by molar-refractivity contribution is 5.82. The van der Waals surface area contributed by atoms with Crippen molar-refractivity contribution in [1.29, 1.82) is 0 Å². The Morgan fingerprint density at radius 1 is 0.388 bits per heavy atom. The third-order valence-corrected chi connectivity index (χ3v) is 10.7. The molecule has 0 aromatic heterocycles. The molecule has 2 aromatic carbocycles. The van der Waals surface area contributed by atoms with Crippen molar-refractivity contribution in [2.75, 3.05) is 0 Å². The van der Waals surface area contributed by atoms with Crippen LogP contribution in [0.15, 0.2) is 59.7 Å². The molecule has 0 spiro atoms. The maximum Gasteiger partial charge on any atom is 0.211 e. The molecule has 0 radical (unpaired) electrons. The number of hydrogen-bond donors (Lipinski definition) is 0. The van der Waals surface area contributed by atoms with Gasteiger partial charge in [-0.15, -0.1) is 0 Å². The average Bonchev–Trinajstić information content (AvgIpc) is 3.40. The first-order valence-corrected chi connectivity index (χ1v) is 21.3. The summed E-state index contributed by atoms with van der Waals surface area (Å²) in [6, 6.07) is 18.1. The molecule has 272 valence electrons. The zero-order chi connectivity index (χ0) is 34.9. The lowest BCUT2D eigenvalue weighted by Gasteiger charge is -2.11. The number of rotatable bonds is 29. The summed E-state index contributed by atoms with van der Waals surface area (Å²) in [6.07, 6.45) is 34.9. The van der Waals surface area contributed by atoms with Crippen LogP contribution in [0.25, 0.3) is 16.9 Å². The van der Waals surface area contributed by atoms with Gasteiger partial charge in [-0.05, 0) is 86.8 Å². The van der Waals surface area contributed by atoms with Crippen molar-refractivity contribution in [2.24, 2.45) is 0 Å². The highest BCUT2D eigenvalue weighted by Crippen LogP contribution is 2.45. The van der Waals surface area contributed by atoms with Crippen LogP contribution in [0.4, 0.5) is 0 Å². The molecule has 0 amide bonds. The molecule has 0 bridgehead atoms. The molecule has 0 saturated carbocycles. The molecule has 0 atom stereocenters. The van der Waals surface area contributed by atoms with Crippen LogP contribution in [0.3, 0.4) is 0 Å². The highest BCUT2D eigenvalue weighted by atomic mass is 15.2. The molecule has 49 heavy (non-hydrogen) atoms. The smallest absolute Gasteiger partial charge is 0.211 e. The lowest BCUT2D eigenvalue weighted by molar-refractivity contribution is -0.345. The van der Waals surface area contributed by atoms with E-state index in [0.29, 0.717) is 0 Å². The summed E-state index contributed by atoms with van der Waals surface area (Å²) in [7, 11) is 0. The minimum atomic E-state index is 1.03. The molecule has 1 heterocycles. The van der Waals surface area contributed by atoms with E-state index in [-0.39, 0.29) is 0 Å². The zero-order valence-corrected chi connectivity index (χ0v) is 32.6. The molecule has 2 nitrogen and oxygen atoms in total. The third kappa shape index (κ3) is 14.7. The van der Waals surface area contributed by atoms with E-state index in [1.807, 2.05) is 0 Å². The summed E-state index contributed by atoms with van der Waals surface area (Å²) in [4.78, 5) is 0. The molecule has 1 aliphatic heterocycles. The zero-order valence-electron chi connectivity index (χ0n) is 32.6. The Morgan fingerprint density at radius 2 is 0.714 bits per heavy atom. The van der Waals surface area contributed by atoms with Gasteiger partial charge < -0.3 is 5.53 Å². The predicted octanol–water partition coefficient (Wildman–Crippen LogP) is 15.8. The summed E-state index contributed by atoms with van der Waals surface area (Å²) < 4.78 is 1.60. The number of benzene rings is 2. The van der Waals surface area contributed by atoms with Gasteiger partial charge in [-0.3, -0.25) is 0 Å². The third-order valence-electron chi connectivity index (χ3n) is 10.7. The van der Waals surface area contributed by atoms with Crippen molar-refractivity contribution in [3.05, 3.63) is 87.5 Å². The van der Waals surface area contributed by atoms with Gasteiger partial charge in [0.15, 0.2) is 0 Å². The largest absolute Gasteiger partial charge is 0.493 e. The SMILES string of the molecule is CCCCCCCCCCCCCCCCCCC1=C(c2cccc(CCCC)c2)[N+](=[N-])C(c2cccc(CCCC)c2)=C1CCCCC. The number of nitrogens with zero attached hydrogens (tertiary/aromatic N) is 2. The first-order valence-electron chi connectivity index (χ1n) is 21.3. The average molecular weight is 667 g/mol. The molecule has 3 rings (SSSR count). The standard InChI is InChI=1S/C47H74N2/c1-5-9-13-14-15-16-17-18-19-20-21-22-23-24-25-27-37-45-44(36-26-10-6-2)46(42-34-28-32-40(38-42)30-11-7-3)49(48)47(45)43-35-29-33-41(39-43)31-12-8-4/h28-29,32-35,38-39H,5-27,30-31,36-37H2,1-4H3. The van der Waals surface area contributed by atoms with Gasteiger partial charge in [-0.25, -0.2) is 4.70 Å². The summed E-state index contributed by atoms with van der Waals surface area (Å²) >= 11 is 0. The highest BCUT2D eigenvalue weighted by Gasteiger charge is 2.35. The second-order valence-electron chi connectivity index (χ2n) is 15.1. The Bertz CT molecular complexity index is 1260. The van der Waals surface area contributed by atoms with Crippen molar-refractivity contribution in [3.8, 4) is 0 Å². The lowest BCUT2D eigenvalue weighted by atomic mass is 9.90. The van der Waals surface area contributed by atoms with Crippen molar-refractivity contribution in [1.82, 2.24) is 0 Å². The van der Waals surface area contributed by atoms with E-state index < -0.39 is 0 Å². The van der Waals surface area contributed by atoms with E-state index in [0.717, 1.165) is 37.1 Å². The van der Waals surface area contributed by atoms with E-state index in [9.17, 15) is 5.53 Å². The molecular weight excluding hydrogens is 593 g/mol. The van der Waals surface area contributed by atoms with Gasteiger partial charge in [0.1, 0.15) is 0 Å². The van der Waals surface area contributed by atoms with Gasteiger partial charge in [0.2, 0.25) is 11.4 Å². The Morgan fingerprint density at radius 3 is 1.10 bits per heavy atom. The van der Waals surface area contributed by atoms with Gasteiger partial charge >= 0.3 is 0 Å². The Labute approximate surface area is 303 Å². The molecule has 2 aromatic rings. The molecule has 2 heteroatoms. The molecule has 0 unspecified atom stereocenters. The molecule has 0 aliphatic carbocycles. The van der Waals surface area contributed by atoms with Crippen LogP contribution in [0.5, 0.6) is 0 Å². The second-order valence-corrected chi connectivity index (χ2v) is 15.1. The fraction of sp³-hybridized carbons (Fsp3) is 0.660. The summed E-state index contributed by atoms with van der Waals surface area (Å²) in [6.45, 7) is 9.12. The van der Waals surface area contributed by atoms with Crippen LogP contribution in [0.1, 0.15) is 210 Å². The molecule has 0 saturated heterocycles. The summed E-state index contributed by atoms with van der Waals surface area (Å²) in [5.41, 5.74) is 22.1. The topological polar surface area (TPSA) is 25.3 Å². The van der Waals surface area contributed by atoms with Gasteiger partial charge in [-0.2, -0.15) is 0 Å². The van der Waals surface area contributed by atoms with Crippen LogP contribution in [-0.2, 0) is 12.8 Å². The maximum atomic E-state index is 12.1. The number of hydrogen-bond acceptors (Lipinski definition) is 0. The van der Waals surface area contributed by atoms with Crippen molar-refractivity contribution >= 4 is 11.4 Å². The number of unbranched alkanes of at least 4 members (excludes halogenated alkanes) is 19. The van der Waals surface area contributed by atoms with Gasteiger partial charge in [0, 0.05) is 22.3 Å². The maximum absolute atomic E-state index is 12.1. The first kappa shape index (κ1) is 40.9. The van der Waals surface area contributed by atoms with Crippen LogP contribution in [0.2, 0.25) is 0 Å². The fourth-order valence-corrected chi connectivity index (χ4v) is 7.70. The first-order chi connectivity index (χ1) is 24.1. The van der Waals surface area contributed by atoms with Crippen molar-refractivity contribution in [3.63, 3.8) is 0 Å². The minimum Gasteiger partial charge on any atom is -0.493 e. The monoisotopic (exact) mass is 667 g/mol. The quantitative estimate of drug-likeness (QED) is 0.0610. The van der Waals surface area contributed by atoms with Gasteiger partial charge in [0.05, 0.1) is 0 Å². The van der Waals surface area contributed by atoms with Crippen LogP contribution in [0, 0.1) is 0 Å². The van der Waals surface area contributed by atoms with Crippen molar-refractivity contribution in [2.45, 2.75) is 201 Å². The van der Waals surface area contributed by atoms with Crippen LogP contribution in [-0.4, -0.2) is 4.70 Å². The van der Waals surface area contributed by atoms with Crippen molar-refractivity contribution < 1.29 is 4.70 Å². The molecule has 0 fully saturated rings. The van der Waals surface area contributed by atoms with E-state index in [2.05, 4.69) is 76.2 Å². The normalized spacial score (nSPS) is 13.3. The Kier molecular flexibility index (Phi) is 21.3. The minimum absolute atomic E-state index is 1.03. The lowest BCUT2D eigenvalue weighted by Crippen LogP contribution is -2.03. The Balaban J connectivity index is 1.66. The van der Waals surface area contributed by atoms with Crippen LogP contribution >= 0.6 is 0 Å². The second kappa shape index (κ2) is 25.5. The number of allylic oxidation sites excluding steroid dienone is 2. The van der Waals surface area contributed by atoms with Crippen LogP contribution < -0.4 is 0 Å². The number of aryl methyl sites for hydroxylation is 2. The predicted molar refractivity (Wildman–Crippen MR) is 216 cm³/mol. The van der Waals surface area contributed by atoms with Gasteiger partial charge in [0.25, 0.3) is 0 Å². The van der Waals surface area contributed by atoms with E-state index in [4.69, 9.17) is 0 Å². The Hall–Kier alpha value is -2.48. The summed E-state index contributed by atoms with van der Waals surface area (Å²) in [5, 5.41) is 0. The molecular formula is C47H74N2. The fourth-order valence-electron chi connectivity index (χ4n) is 7.70. The van der Waals surface area contributed by atoms with E-state index >= 15 is 0 Å². The van der Waals surface area contributed by atoms with E-state index in [1.54, 1.807) is 4.70 Å². The van der Waals surface area contributed by atoms with E-state index in [1.165, 1.54) is 181 Å². The molecule has 0 N–H and O–H groups in total. The summed E-state index contributed by atoms with van der Waals surface area (Å²) in [5.74, 6) is 0.